The summed E-state index contributed by atoms with van der Waals surface area (Å²) in [6, 6.07) is 20.3. The molecule has 2 nitrogen and oxygen atoms in total. The van der Waals surface area contributed by atoms with Gasteiger partial charge in [0.05, 0.1) is 11.1 Å². The Bertz CT molecular complexity index is 1700. The first-order valence-corrected chi connectivity index (χ1v) is 19.0. The Balaban J connectivity index is 1.21. The Kier molecular flexibility index (Phi) is 11.3. The molecule has 5 aromatic rings. The number of aryl methyl sites for hydroxylation is 1. The highest BCUT2D eigenvalue weighted by Gasteiger charge is 2.17. The number of unbranched alkanes of at least 4 members (excludes halogenated alkanes) is 7. The zero-order valence-electron chi connectivity index (χ0n) is 25.5. The Hall–Kier alpha value is -2.74. The van der Waals surface area contributed by atoms with E-state index in [0.717, 1.165) is 46.4 Å². The zero-order chi connectivity index (χ0) is 30.2. The number of nitriles is 2. The minimum Gasteiger partial charge on any atom is -0.192 e. The lowest BCUT2D eigenvalue weighted by Gasteiger charge is -2.07. The summed E-state index contributed by atoms with van der Waals surface area (Å²) in [5.74, 6) is 0.459. The van der Waals surface area contributed by atoms with Crippen molar-refractivity contribution in [3.63, 3.8) is 0 Å². The predicted octanol–water partition coefficient (Wildman–Crippen LogP) is 12.5. The van der Waals surface area contributed by atoms with Crippen molar-refractivity contribution in [3.05, 3.63) is 88.9 Å². The van der Waals surface area contributed by atoms with E-state index >= 15 is 0 Å². The van der Waals surface area contributed by atoms with E-state index in [1.807, 2.05) is 34.0 Å². The predicted molar refractivity (Wildman–Crippen MR) is 189 cm³/mol. The number of benzene rings is 1. The highest BCUT2D eigenvalue weighted by molar-refractivity contribution is 7.28. The zero-order valence-corrected chi connectivity index (χ0v) is 28.8. The van der Waals surface area contributed by atoms with Crippen molar-refractivity contribution >= 4 is 54.7 Å². The number of hydrogen-bond acceptors (Lipinski definition) is 6. The number of thiophene rings is 4. The minimum absolute atomic E-state index is 0.459. The molecule has 0 spiro atoms. The molecule has 6 heteroatoms. The number of nitrogens with zero attached hydrogens (tertiary/aromatic N) is 2. The summed E-state index contributed by atoms with van der Waals surface area (Å²) in [5, 5.41) is 22.0. The first-order valence-electron chi connectivity index (χ1n) is 15.6. The average molecular weight is 641 g/mol. The minimum atomic E-state index is 0.459. The molecule has 0 N–H and O–H groups in total. The highest BCUT2D eigenvalue weighted by atomic mass is 32.1. The molecule has 0 bridgehead atoms. The number of hydrogen-bond donors (Lipinski definition) is 0. The van der Waals surface area contributed by atoms with Gasteiger partial charge in [0.1, 0.15) is 12.1 Å². The van der Waals surface area contributed by atoms with Crippen LogP contribution in [0.15, 0.2) is 47.8 Å². The lowest BCUT2D eigenvalue weighted by atomic mass is 9.96. The number of rotatable bonds is 15. The molecule has 43 heavy (non-hydrogen) atoms. The van der Waals surface area contributed by atoms with E-state index in [1.54, 1.807) is 11.3 Å². The first kappa shape index (κ1) is 31.7. The average Bonchev–Trinajstić information content (AvgIpc) is 3.77. The third-order valence-electron chi connectivity index (χ3n) is 8.08. The first-order chi connectivity index (χ1) is 21.0. The molecule has 0 saturated carbocycles. The molecule has 0 fully saturated rings. The Labute approximate surface area is 273 Å². The van der Waals surface area contributed by atoms with Crippen molar-refractivity contribution < 1.29 is 0 Å². The summed E-state index contributed by atoms with van der Waals surface area (Å²) in [7, 11) is 0. The van der Waals surface area contributed by atoms with Gasteiger partial charge in [-0.1, -0.05) is 90.0 Å². The van der Waals surface area contributed by atoms with E-state index in [4.69, 9.17) is 0 Å². The van der Waals surface area contributed by atoms with Crippen LogP contribution in [0.3, 0.4) is 0 Å². The molecule has 0 radical (unpaired) electrons. The van der Waals surface area contributed by atoms with Crippen molar-refractivity contribution in [2.45, 2.75) is 97.3 Å². The Morgan fingerprint density at radius 3 is 2.05 bits per heavy atom. The van der Waals surface area contributed by atoms with E-state index in [0.29, 0.717) is 5.92 Å². The topological polar surface area (TPSA) is 47.6 Å². The summed E-state index contributed by atoms with van der Waals surface area (Å²) in [6.07, 6.45) is 13.4. The monoisotopic (exact) mass is 640 g/mol. The van der Waals surface area contributed by atoms with Gasteiger partial charge in [0.15, 0.2) is 0 Å². The molecule has 4 aromatic heterocycles. The Morgan fingerprint density at radius 1 is 0.721 bits per heavy atom. The standard InChI is InChI=1S/C37H40N2S4/c1-4-5-6-7-8-9-10-11-15-29-17-28(22-38)34(41-29)18-30-20-36-37(42-30)21-31(43-36)19-35-32(23-39)33(24-40-35)27-14-12-13-26(16-27)25(2)3/h12-14,16-17,20-21,24-25H,4-11,15,18-19H2,1-3H3. The van der Waals surface area contributed by atoms with E-state index in [1.165, 1.54) is 85.8 Å². The molecule has 0 saturated heterocycles. The lowest BCUT2D eigenvalue weighted by molar-refractivity contribution is 0.576. The fraction of sp³-hybridized carbons (Fsp3) is 0.405. The van der Waals surface area contributed by atoms with Gasteiger partial charge in [-0.3, -0.25) is 0 Å². The summed E-state index contributed by atoms with van der Waals surface area (Å²) in [5.41, 5.74) is 5.15. The highest BCUT2D eigenvalue weighted by Crippen LogP contribution is 2.39. The van der Waals surface area contributed by atoms with Crippen LogP contribution in [0.4, 0.5) is 0 Å². The summed E-state index contributed by atoms with van der Waals surface area (Å²) < 4.78 is 2.62. The van der Waals surface area contributed by atoms with Crippen LogP contribution in [0.5, 0.6) is 0 Å². The van der Waals surface area contributed by atoms with Crippen LogP contribution in [0.1, 0.15) is 119 Å². The van der Waals surface area contributed by atoms with Gasteiger partial charge in [0, 0.05) is 57.6 Å². The van der Waals surface area contributed by atoms with Crippen molar-refractivity contribution in [1.29, 1.82) is 10.5 Å². The van der Waals surface area contributed by atoms with E-state index in [-0.39, 0.29) is 0 Å². The third-order valence-corrected chi connectivity index (χ3v) is 12.6. The molecular formula is C37H40N2S4. The van der Waals surface area contributed by atoms with Crippen LogP contribution >= 0.6 is 45.3 Å². The molecule has 5 rings (SSSR count). The molecule has 4 heterocycles. The van der Waals surface area contributed by atoms with Crippen LogP contribution in [0, 0.1) is 22.7 Å². The molecule has 222 valence electrons. The lowest BCUT2D eigenvalue weighted by Crippen LogP contribution is -1.89. The second-order valence-electron chi connectivity index (χ2n) is 11.7. The molecule has 0 aliphatic carbocycles. The summed E-state index contributed by atoms with van der Waals surface area (Å²) in [4.78, 5) is 6.33. The van der Waals surface area contributed by atoms with Gasteiger partial charge in [-0.15, -0.1) is 45.3 Å². The molecule has 1 aromatic carbocycles. The van der Waals surface area contributed by atoms with Gasteiger partial charge in [-0.05, 0) is 48.1 Å². The Morgan fingerprint density at radius 2 is 1.40 bits per heavy atom. The van der Waals surface area contributed by atoms with Crippen molar-refractivity contribution in [2.24, 2.45) is 0 Å². The van der Waals surface area contributed by atoms with Crippen molar-refractivity contribution in [3.8, 4) is 23.3 Å². The van der Waals surface area contributed by atoms with Crippen LogP contribution in [0.2, 0.25) is 0 Å². The van der Waals surface area contributed by atoms with Gasteiger partial charge in [-0.25, -0.2) is 0 Å². The third kappa shape index (κ3) is 8.05. The summed E-state index contributed by atoms with van der Waals surface area (Å²) in [6.45, 7) is 6.68. The van der Waals surface area contributed by atoms with E-state index in [9.17, 15) is 10.5 Å². The molecule has 0 atom stereocenters. The van der Waals surface area contributed by atoms with E-state index in [2.05, 4.69) is 80.8 Å². The van der Waals surface area contributed by atoms with Gasteiger partial charge >= 0.3 is 0 Å². The van der Waals surface area contributed by atoms with Crippen LogP contribution in [-0.2, 0) is 19.3 Å². The van der Waals surface area contributed by atoms with Gasteiger partial charge in [0.2, 0.25) is 0 Å². The van der Waals surface area contributed by atoms with Crippen LogP contribution < -0.4 is 0 Å². The summed E-state index contributed by atoms with van der Waals surface area (Å²) >= 11 is 7.22. The fourth-order valence-corrected chi connectivity index (χ4v) is 10.5. The number of fused-ring (bicyclic) bond motifs is 1. The maximum absolute atomic E-state index is 10.1. The second kappa shape index (κ2) is 15.3. The van der Waals surface area contributed by atoms with Crippen molar-refractivity contribution in [2.75, 3.05) is 0 Å². The second-order valence-corrected chi connectivity index (χ2v) is 16.3. The maximum atomic E-state index is 10.1. The quantitative estimate of drug-likeness (QED) is 0.107. The van der Waals surface area contributed by atoms with Crippen molar-refractivity contribution in [1.82, 2.24) is 0 Å². The SMILES string of the molecule is CCCCCCCCCCc1cc(C#N)c(Cc2cc3sc(Cc4scc(-c5cccc(C(C)C)c5)c4C#N)cc3s2)s1. The molecule has 0 aliphatic heterocycles. The molecule has 0 unspecified atom stereocenters. The maximum Gasteiger partial charge on any atom is 0.101 e. The van der Waals surface area contributed by atoms with Crippen LogP contribution in [0.25, 0.3) is 20.5 Å². The van der Waals surface area contributed by atoms with Gasteiger partial charge in [0.25, 0.3) is 0 Å². The molecular weight excluding hydrogens is 601 g/mol. The van der Waals surface area contributed by atoms with Gasteiger partial charge in [-0.2, -0.15) is 10.5 Å². The largest absolute Gasteiger partial charge is 0.192 e. The fourth-order valence-electron chi connectivity index (χ4n) is 5.62. The van der Waals surface area contributed by atoms with E-state index < -0.39 is 0 Å². The van der Waals surface area contributed by atoms with Crippen LogP contribution in [-0.4, -0.2) is 0 Å². The van der Waals surface area contributed by atoms with Gasteiger partial charge < -0.3 is 0 Å². The normalized spacial score (nSPS) is 11.4. The molecule has 0 aliphatic rings. The molecule has 0 amide bonds. The smallest absolute Gasteiger partial charge is 0.101 e.